The molecular weight excluding hydrogens is 474 g/mol. The molecule has 3 N–H and O–H groups in total. The Labute approximate surface area is 204 Å². The third-order valence-electron chi connectivity index (χ3n) is 5.85. The minimum absolute atomic E-state index is 0.125. The van der Waals surface area contributed by atoms with Gasteiger partial charge in [0.1, 0.15) is 17.2 Å². The number of nitrogens with one attached hydrogen (secondary N) is 1. The van der Waals surface area contributed by atoms with Gasteiger partial charge in [-0.3, -0.25) is 4.79 Å². The van der Waals surface area contributed by atoms with Crippen LogP contribution in [0.2, 0.25) is 5.02 Å². The molecular formula is C24H26ClN5O3S. The molecule has 1 saturated heterocycles. The predicted octanol–water partition coefficient (Wildman–Crippen LogP) is 4.43. The fourth-order valence-electron chi connectivity index (χ4n) is 4.51. The molecule has 0 saturated carbocycles. The molecule has 3 aromatic rings. The van der Waals surface area contributed by atoms with Crippen molar-refractivity contribution >= 4 is 44.7 Å². The Hall–Kier alpha value is -3.17. The molecule has 1 amide bonds. The summed E-state index contributed by atoms with van der Waals surface area (Å²) < 4.78 is 27.3. The van der Waals surface area contributed by atoms with Gasteiger partial charge in [-0.25, -0.2) is 18.4 Å². The van der Waals surface area contributed by atoms with Crippen LogP contribution in [0.1, 0.15) is 37.6 Å². The number of amides is 1. The maximum atomic E-state index is 13.6. The number of sulfone groups is 1. The van der Waals surface area contributed by atoms with Gasteiger partial charge in [0, 0.05) is 29.0 Å². The molecule has 0 aliphatic carbocycles. The molecule has 0 spiro atoms. The number of pyridine rings is 2. The van der Waals surface area contributed by atoms with Crippen molar-refractivity contribution in [1.29, 1.82) is 0 Å². The van der Waals surface area contributed by atoms with E-state index < -0.39 is 15.7 Å². The average molecular weight is 500 g/mol. The first-order valence-corrected chi connectivity index (χ1v) is 12.7. The van der Waals surface area contributed by atoms with Crippen molar-refractivity contribution in [3.8, 4) is 0 Å². The van der Waals surface area contributed by atoms with Crippen LogP contribution in [0.5, 0.6) is 0 Å². The van der Waals surface area contributed by atoms with E-state index in [2.05, 4.69) is 22.2 Å². The number of nitrogens with zero attached hydrogens (tertiary/aromatic N) is 3. The maximum absolute atomic E-state index is 13.6. The molecule has 8 nitrogen and oxygen atoms in total. The zero-order valence-corrected chi connectivity index (χ0v) is 20.7. The van der Waals surface area contributed by atoms with Crippen LogP contribution in [0.3, 0.4) is 0 Å². The third-order valence-corrected chi connectivity index (χ3v) is 7.79. The molecule has 1 aromatic carbocycles. The zero-order chi connectivity index (χ0) is 24.7. The molecule has 10 heteroatoms. The van der Waals surface area contributed by atoms with Gasteiger partial charge in [0.25, 0.3) is 5.91 Å². The van der Waals surface area contributed by atoms with E-state index in [1.54, 1.807) is 36.4 Å². The highest BCUT2D eigenvalue weighted by atomic mass is 35.5. The highest BCUT2D eigenvalue weighted by molar-refractivity contribution is 7.91. The highest BCUT2D eigenvalue weighted by Gasteiger charge is 2.40. The van der Waals surface area contributed by atoms with Crippen LogP contribution in [0.25, 0.3) is 0 Å². The number of carbonyl (C=O) groups is 1. The van der Waals surface area contributed by atoms with Gasteiger partial charge in [-0.05, 0) is 62.6 Å². The number of rotatable bonds is 6. The Morgan fingerprint density at radius 3 is 2.59 bits per heavy atom. The van der Waals surface area contributed by atoms with Crippen LogP contribution in [-0.2, 0) is 9.84 Å². The lowest BCUT2D eigenvalue weighted by atomic mass is 9.97. The second kappa shape index (κ2) is 8.88. The van der Waals surface area contributed by atoms with Crippen LogP contribution in [-0.4, -0.2) is 36.4 Å². The number of hydrogen-bond donors (Lipinski definition) is 2. The molecule has 1 unspecified atom stereocenters. The standard InChI is InChI=1S/C24H26ClN5O3S/c1-15-13-24(2,3)30(14-15)23-21(22(26)31)18(10-11-27-23)34(32,33)20-9-5-8-19(29-20)28-17-7-4-6-16(25)12-17/h4-12,15H,13-14H2,1-3H3,(H2,26,31)(H,28,29). The van der Waals surface area contributed by atoms with Gasteiger partial charge in [0.15, 0.2) is 5.03 Å². The minimum atomic E-state index is -4.19. The number of primary amides is 1. The highest BCUT2D eigenvalue weighted by Crippen LogP contribution is 2.39. The molecule has 2 aromatic heterocycles. The first-order valence-electron chi connectivity index (χ1n) is 10.8. The zero-order valence-electron chi connectivity index (χ0n) is 19.1. The Balaban J connectivity index is 1.78. The van der Waals surface area contributed by atoms with Gasteiger partial charge in [-0.15, -0.1) is 0 Å². The van der Waals surface area contributed by atoms with E-state index in [-0.39, 0.29) is 26.8 Å². The van der Waals surface area contributed by atoms with Crippen molar-refractivity contribution < 1.29 is 13.2 Å². The summed E-state index contributed by atoms with van der Waals surface area (Å²) in [6, 6.07) is 12.9. The molecule has 1 aliphatic rings. The molecule has 1 aliphatic heterocycles. The largest absolute Gasteiger partial charge is 0.365 e. The van der Waals surface area contributed by atoms with E-state index in [9.17, 15) is 13.2 Å². The number of carbonyl (C=O) groups excluding carboxylic acids is 1. The molecule has 0 bridgehead atoms. The summed E-state index contributed by atoms with van der Waals surface area (Å²) in [7, 11) is -4.19. The fraction of sp³-hybridized carbons (Fsp3) is 0.292. The molecule has 178 valence electrons. The summed E-state index contributed by atoms with van der Waals surface area (Å²) in [6.45, 7) is 6.82. The first kappa shape index (κ1) is 24.0. The Morgan fingerprint density at radius 1 is 1.21 bits per heavy atom. The number of halogens is 1. The smallest absolute Gasteiger partial charge is 0.253 e. The molecule has 3 heterocycles. The fourth-order valence-corrected chi connectivity index (χ4v) is 6.11. The predicted molar refractivity (Wildman–Crippen MR) is 132 cm³/mol. The number of nitrogens with two attached hydrogens (primary N) is 1. The molecule has 0 radical (unpaired) electrons. The lowest BCUT2D eigenvalue weighted by Gasteiger charge is -2.33. The summed E-state index contributed by atoms with van der Waals surface area (Å²) in [5.41, 5.74) is 5.94. The van der Waals surface area contributed by atoms with Crippen molar-refractivity contribution in [2.45, 2.75) is 42.7 Å². The monoisotopic (exact) mass is 499 g/mol. The Kier molecular flexibility index (Phi) is 6.26. The van der Waals surface area contributed by atoms with Crippen molar-refractivity contribution in [2.24, 2.45) is 11.7 Å². The quantitative estimate of drug-likeness (QED) is 0.515. The topological polar surface area (TPSA) is 118 Å². The van der Waals surface area contributed by atoms with Gasteiger partial charge in [0.2, 0.25) is 9.84 Å². The third kappa shape index (κ3) is 4.58. The van der Waals surface area contributed by atoms with Crippen LogP contribution in [0, 0.1) is 5.92 Å². The second-order valence-electron chi connectivity index (χ2n) is 9.10. The SMILES string of the molecule is CC1CN(c2nccc(S(=O)(=O)c3cccc(Nc4cccc(Cl)c4)n3)c2C(N)=O)C(C)(C)C1. The normalized spacial score (nSPS) is 17.5. The summed E-state index contributed by atoms with van der Waals surface area (Å²) >= 11 is 6.03. The van der Waals surface area contributed by atoms with E-state index >= 15 is 0 Å². The lowest BCUT2D eigenvalue weighted by molar-refractivity contribution is 0.0997. The van der Waals surface area contributed by atoms with Crippen LogP contribution >= 0.6 is 11.6 Å². The lowest BCUT2D eigenvalue weighted by Crippen LogP contribution is -2.40. The van der Waals surface area contributed by atoms with Crippen molar-refractivity contribution in [3.63, 3.8) is 0 Å². The summed E-state index contributed by atoms with van der Waals surface area (Å²) in [4.78, 5) is 23.0. The van der Waals surface area contributed by atoms with E-state index in [0.717, 1.165) is 6.42 Å². The second-order valence-corrected chi connectivity index (χ2v) is 11.4. The summed E-state index contributed by atoms with van der Waals surface area (Å²) in [5, 5.41) is 3.36. The van der Waals surface area contributed by atoms with Gasteiger partial charge in [-0.1, -0.05) is 30.7 Å². The summed E-state index contributed by atoms with van der Waals surface area (Å²) in [6.07, 6.45) is 2.27. The van der Waals surface area contributed by atoms with E-state index in [1.807, 2.05) is 18.7 Å². The van der Waals surface area contributed by atoms with Crippen LogP contribution in [0.4, 0.5) is 17.3 Å². The van der Waals surface area contributed by atoms with E-state index in [0.29, 0.717) is 29.0 Å². The number of anilines is 3. The van der Waals surface area contributed by atoms with Crippen LogP contribution in [0.15, 0.2) is 64.6 Å². The van der Waals surface area contributed by atoms with Crippen molar-refractivity contribution in [3.05, 3.63) is 65.3 Å². The number of hydrogen-bond acceptors (Lipinski definition) is 7. The molecule has 34 heavy (non-hydrogen) atoms. The van der Waals surface area contributed by atoms with Crippen LogP contribution < -0.4 is 16.0 Å². The average Bonchev–Trinajstić information content (AvgIpc) is 3.05. The van der Waals surface area contributed by atoms with Gasteiger partial charge >= 0.3 is 0 Å². The number of aromatic nitrogens is 2. The van der Waals surface area contributed by atoms with E-state index in [1.165, 1.54) is 18.3 Å². The van der Waals surface area contributed by atoms with Gasteiger partial charge < -0.3 is 16.0 Å². The van der Waals surface area contributed by atoms with Crippen molar-refractivity contribution in [2.75, 3.05) is 16.8 Å². The van der Waals surface area contributed by atoms with E-state index in [4.69, 9.17) is 17.3 Å². The first-order chi connectivity index (χ1) is 16.0. The van der Waals surface area contributed by atoms with Crippen molar-refractivity contribution in [1.82, 2.24) is 9.97 Å². The number of benzene rings is 1. The Morgan fingerprint density at radius 2 is 1.94 bits per heavy atom. The minimum Gasteiger partial charge on any atom is -0.365 e. The van der Waals surface area contributed by atoms with Gasteiger partial charge in [-0.2, -0.15) is 0 Å². The summed E-state index contributed by atoms with van der Waals surface area (Å²) in [5.74, 6) is 0.0859. The maximum Gasteiger partial charge on any atom is 0.253 e. The molecule has 4 rings (SSSR count). The molecule has 1 atom stereocenters. The molecule has 1 fully saturated rings. The Bertz CT molecular complexity index is 1360. The van der Waals surface area contributed by atoms with Gasteiger partial charge in [0.05, 0.1) is 4.90 Å².